The number of hydrazine groups is 1. The van der Waals surface area contributed by atoms with Gasteiger partial charge in [-0.2, -0.15) is 0 Å². The molecule has 0 radical (unpaired) electrons. The molecule has 0 saturated heterocycles. The molecule has 0 heterocycles. The van der Waals surface area contributed by atoms with Crippen LogP contribution in [0.5, 0.6) is 5.75 Å². The van der Waals surface area contributed by atoms with Crippen molar-refractivity contribution in [2.45, 2.75) is 26.2 Å². The summed E-state index contributed by atoms with van der Waals surface area (Å²) in [5.41, 5.74) is 5.39. The second kappa shape index (κ2) is 9.04. The molecule has 22 heavy (non-hydrogen) atoms. The van der Waals surface area contributed by atoms with Crippen LogP contribution in [-0.2, 0) is 20.8 Å². The molecule has 0 bridgehead atoms. The number of carbonyl (C=O) groups is 3. The van der Waals surface area contributed by atoms with Crippen LogP contribution in [-0.4, -0.2) is 29.5 Å². The van der Waals surface area contributed by atoms with Gasteiger partial charge in [0.25, 0.3) is 5.91 Å². The van der Waals surface area contributed by atoms with Gasteiger partial charge in [0, 0.05) is 6.42 Å². The highest BCUT2D eigenvalue weighted by Crippen LogP contribution is 2.26. The van der Waals surface area contributed by atoms with Crippen LogP contribution < -0.4 is 15.6 Å². The predicted molar refractivity (Wildman–Crippen MR) is 82.2 cm³/mol. The first-order chi connectivity index (χ1) is 10.4. The number of aryl methyl sites for hydroxylation is 1. The number of amides is 2. The number of benzene rings is 1. The van der Waals surface area contributed by atoms with Crippen LogP contribution in [0.25, 0.3) is 0 Å². The van der Waals surface area contributed by atoms with Gasteiger partial charge >= 0.3 is 5.97 Å². The van der Waals surface area contributed by atoms with Crippen molar-refractivity contribution in [1.29, 1.82) is 0 Å². The summed E-state index contributed by atoms with van der Waals surface area (Å²) < 4.78 is 6.07. The van der Waals surface area contributed by atoms with Gasteiger partial charge in [0.2, 0.25) is 5.91 Å². The van der Waals surface area contributed by atoms with Gasteiger partial charge in [-0.25, -0.2) is 0 Å². The zero-order chi connectivity index (χ0) is 16.5. The fraction of sp³-hybridized carbons (Fsp3) is 0.357. The SMILES string of the molecule is CCc1ccc(OCC(=O)NNC(=O)CCC(=O)O)c(Br)c1. The summed E-state index contributed by atoms with van der Waals surface area (Å²) in [7, 11) is 0. The number of carboxylic acid groups (broad SMARTS) is 1. The van der Waals surface area contributed by atoms with Gasteiger partial charge in [-0.1, -0.05) is 13.0 Å². The van der Waals surface area contributed by atoms with E-state index in [-0.39, 0.29) is 19.4 Å². The number of halogens is 1. The van der Waals surface area contributed by atoms with Gasteiger partial charge in [-0.3, -0.25) is 25.2 Å². The van der Waals surface area contributed by atoms with E-state index in [9.17, 15) is 14.4 Å². The molecule has 0 fully saturated rings. The lowest BCUT2D eigenvalue weighted by atomic mass is 10.2. The minimum Gasteiger partial charge on any atom is -0.483 e. The van der Waals surface area contributed by atoms with Crippen LogP contribution in [0.4, 0.5) is 0 Å². The van der Waals surface area contributed by atoms with Crippen molar-refractivity contribution in [3.63, 3.8) is 0 Å². The Hall–Kier alpha value is -2.09. The van der Waals surface area contributed by atoms with E-state index < -0.39 is 17.8 Å². The maximum Gasteiger partial charge on any atom is 0.303 e. The van der Waals surface area contributed by atoms with Crippen molar-refractivity contribution in [2.24, 2.45) is 0 Å². The van der Waals surface area contributed by atoms with Gasteiger partial charge < -0.3 is 9.84 Å². The Kier molecular flexibility index (Phi) is 7.38. The molecule has 0 aliphatic rings. The van der Waals surface area contributed by atoms with E-state index in [4.69, 9.17) is 9.84 Å². The highest BCUT2D eigenvalue weighted by atomic mass is 79.9. The van der Waals surface area contributed by atoms with Crippen molar-refractivity contribution >= 4 is 33.7 Å². The molecule has 0 aromatic heterocycles. The topological polar surface area (TPSA) is 105 Å². The zero-order valence-corrected chi connectivity index (χ0v) is 13.6. The lowest BCUT2D eigenvalue weighted by Gasteiger charge is -2.10. The van der Waals surface area contributed by atoms with Gasteiger partial charge in [0.05, 0.1) is 10.9 Å². The predicted octanol–water partition coefficient (Wildman–Crippen LogP) is 1.40. The third-order valence-corrected chi connectivity index (χ3v) is 3.29. The first-order valence-corrected chi connectivity index (χ1v) is 7.42. The van der Waals surface area contributed by atoms with Crippen LogP contribution in [0.1, 0.15) is 25.3 Å². The van der Waals surface area contributed by atoms with Gasteiger partial charge in [0.15, 0.2) is 6.61 Å². The number of hydrogen-bond donors (Lipinski definition) is 3. The average Bonchev–Trinajstić information content (AvgIpc) is 2.49. The van der Waals surface area contributed by atoms with E-state index in [1.54, 1.807) is 6.07 Å². The minimum absolute atomic E-state index is 0.208. The summed E-state index contributed by atoms with van der Waals surface area (Å²) in [5.74, 6) is -1.69. The molecule has 3 N–H and O–H groups in total. The largest absolute Gasteiger partial charge is 0.483 e. The number of rotatable bonds is 7. The Labute approximate surface area is 136 Å². The molecule has 0 aliphatic carbocycles. The van der Waals surface area contributed by atoms with Crippen LogP contribution in [0, 0.1) is 0 Å². The Morgan fingerprint density at radius 2 is 1.86 bits per heavy atom. The van der Waals surface area contributed by atoms with Crippen molar-refractivity contribution in [3.05, 3.63) is 28.2 Å². The van der Waals surface area contributed by atoms with Crippen LogP contribution in [0.2, 0.25) is 0 Å². The molecule has 1 rings (SSSR count). The smallest absolute Gasteiger partial charge is 0.303 e. The zero-order valence-electron chi connectivity index (χ0n) is 12.0. The van der Waals surface area contributed by atoms with Crippen molar-refractivity contribution in [3.8, 4) is 5.75 Å². The second-order valence-corrected chi connectivity index (χ2v) is 5.25. The molecule has 0 saturated carbocycles. The van der Waals surface area contributed by atoms with Gasteiger partial charge in [0.1, 0.15) is 5.75 Å². The normalized spacial score (nSPS) is 9.91. The Morgan fingerprint density at radius 1 is 1.18 bits per heavy atom. The maximum atomic E-state index is 11.5. The third kappa shape index (κ3) is 6.57. The minimum atomic E-state index is -1.08. The number of aliphatic carboxylic acids is 1. The summed E-state index contributed by atoms with van der Waals surface area (Å²) in [6.45, 7) is 1.76. The fourth-order valence-corrected chi connectivity index (χ4v) is 2.02. The number of nitrogens with one attached hydrogen (secondary N) is 2. The van der Waals surface area contributed by atoms with Gasteiger partial charge in [-0.05, 0) is 40.0 Å². The molecular formula is C14H17BrN2O5. The Bertz CT molecular complexity index is 562. The molecule has 0 spiro atoms. The number of carboxylic acids is 1. The van der Waals surface area contributed by atoms with Crippen LogP contribution in [0.3, 0.4) is 0 Å². The van der Waals surface area contributed by atoms with Gasteiger partial charge in [-0.15, -0.1) is 0 Å². The molecule has 7 nitrogen and oxygen atoms in total. The second-order valence-electron chi connectivity index (χ2n) is 4.40. The Balaban J connectivity index is 2.34. The van der Waals surface area contributed by atoms with E-state index in [2.05, 4.69) is 26.8 Å². The first-order valence-electron chi connectivity index (χ1n) is 6.63. The highest BCUT2D eigenvalue weighted by molar-refractivity contribution is 9.10. The molecular weight excluding hydrogens is 356 g/mol. The lowest BCUT2D eigenvalue weighted by Crippen LogP contribution is -2.43. The monoisotopic (exact) mass is 372 g/mol. The van der Waals surface area contributed by atoms with Crippen molar-refractivity contribution < 1.29 is 24.2 Å². The molecule has 1 aromatic carbocycles. The summed E-state index contributed by atoms with van der Waals surface area (Å²) in [6, 6.07) is 5.55. The van der Waals surface area contributed by atoms with E-state index in [0.717, 1.165) is 16.5 Å². The van der Waals surface area contributed by atoms with Crippen LogP contribution in [0.15, 0.2) is 22.7 Å². The molecule has 8 heteroatoms. The summed E-state index contributed by atoms with van der Waals surface area (Å²) in [5, 5.41) is 8.42. The number of hydrogen-bond acceptors (Lipinski definition) is 4. The quantitative estimate of drug-likeness (QED) is 0.627. The van der Waals surface area contributed by atoms with E-state index in [0.29, 0.717) is 5.75 Å². The highest BCUT2D eigenvalue weighted by Gasteiger charge is 2.09. The average molecular weight is 373 g/mol. The first kappa shape index (κ1) is 18.0. The van der Waals surface area contributed by atoms with Crippen molar-refractivity contribution in [2.75, 3.05) is 6.61 Å². The third-order valence-electron chi connectivity index (χ3n) is 2.67. The molecule has 120 valence electrons. The van der Waals surface area contributed by atoms with Crippen LogP contribution >= 0.6 is 15.9 Å². The molecule has 0 aliphatic heterocycles. The molecule has 0 atom stereocenters. The maximum absolute atomic E-state index is 11.5. The number of carbonyl (C=O) groups excluding carboxylic acids is 2. The molecule has 2 amide bonds. The van der Waals surface area contributed by atoms with E-state index >= 15 is 0 Å². The number of ether oxygens (including phenoxy) is 1. The standard InChI is InChI=1S/C14H17BrN2O5/c1-2-9-3-4-11(10(15)7-9)22-8-13(19)17-16-12(18)5-6-14(20)21/h3-4,7H,2,5-6,8H2,1H3,(H,16,18)(H,17,19)(H,20,21). The molecule has 0 unspecified atom stereocenters. The van der Waals surface area contributed by atoms with E-state index in [1.807, 2.05) is 19.1 Å². The lowest BCUT2D eigenvalue weighted by molar-refractivity contribution is -0.139. The molecule has 1 aromatic rings. The Morgan fingerprint density at radius 3 is 2.45 bits per heavy atom. The summed E-state index contributed by atoms with van der Waals surface area (Å²) in [6.07, 6.45) is 0.386. The summed E-state index contributed by atoms with van der Waals surface area (Å²) >= 11 is 3.35. The summed E-state index contributed by atoms with van der Waals surface area (Å²) in [4.78, 5) is 33.0. The fourth-order valence-electron chi connectivity index (χ4n) is 1.48. The van der Waals surface area contributed by atoms with Crippen molar-refractivity contribution in [1.82, 2.24) is 10.9 Å². The van der Waals surface area contributed by atoms with E-state index in [1.165, 1.54) is 0 Å².